The highest BCUT2D eigenvalue weighted by atomic mass is 14.4. The molecule has 134 valence electrons. The average molecular weight is 311 g/mol. The minimum Gasteiger partial charge on any atom is -0.0654 e. The smallest absolute Gasteiger partial charge is 0.0358 e. The van der Waals surface area contributed by atoms with Gasteiger partial charge in [0.15, 0.2) is 0 Å². The minimum atomic E-state index is 0.799. The molecule has 0 rings (SSSR count). The van der Waals surface area contributed by atoms with Gasteiger partial charge < -0.3 is 0 Å². The third kappa shape index (κ3) is 6.25. The predicted molar refractivity (Wildman–Crippen MR) is 103 cm³/mol. The highest BCUT2D eigenvalue weighted by Crippen LogP contribution is 2.41. The topological polar surface area (TPSA) is 0 Å². The third-order valence-electron chi connectivity index (χ3n) is 7.15. The summed E-state index contributed by atoms with van der Waals surface area (Å²) in [6, 6.07) is 0. The van der Waals surface area contributed by atoms with Gasteiger partial charge in [-0.25, -0.2) is 0 Å². The van der Waals surface area contributed by atoms with Gasteiger partial charge in [0.1, 0.15) is 0 Å². The van der Waals surface area contributed by atoms with E-state index in [9.17, 15) is 0 Å². The lowest BCUT2D eigenvalue weighted by atomic mass is 9.65. The quantitative estimate of drug-likeness (QED) is 0.367. The van der Waals surface area contributed by atoms with Crippen LogP contribution in [0.3, 0.4) is 0 Å². The van der Waals surface area contributed by atoms with E-state index in [1.165, 1.54) is 25.7 Å². The molecular formula is C22H46. The van der Waals surface area contributed by atoms with E-state index in [1.54, 1.807) is 0 Å². The van der Waals surface area contributed by atoms with Crippen molar-refractivity contribution in [3.63, 3.8) is 0 Å². The lowest BCUT2D eigenvalue weighted by Gasteiger charge is -2.40. The molecule has 0 amide bonds. The molecule has 0 nitrogen and oxygen atoms in total. The van der Waals surface area contributed by atoms with Crippen molar-refractivity contribution in [1.82, 2.24) is 0 Å². The predicted octanol–water partition coefficient (Wildman–Crippen LogP) is 7.68. The van der Waals surface area contributed by atoms with Gasteiger partial charge in [-0.3, -0.25) is 0 Å². The lowest BCUT2D eigenvalue weighted by molar-refractivity contribution is 0.0860. The first-order valence-corrected chi connectivity index (χ1v) is 10.2. The van der Waals surface area contributed by atoms with E-state index in [-0.39, 0.29) is 0 Å². The molecule has 0 heterocycles. The van der Waals surface area contributed by atoms with Gasteiger partial charge in [-0.1, -0.05) is 94.9 Å². The Kier molecular flexibility index (Phi) is 10.7. The van der Waals surface area contributed by atoms with Gasteiger partial charge >= 0.3 is 0 Å². The van der Waals surface area contributed by atoms with E-state index < -0.39 is 0 Å². The third-order valence-corrected chi connectivity index (χ3v) is 7.15. The summed E-state index contributed by atoms with van der Waals surface area (Å²) in [4.78, 5) is 0. The Labute approximate surface area is 142 Å². The number of hydrogen-bond acceptors (Lipinski definition) is 0. The molecule has 0 aromatic rings. The van der Waals surface area contributed by atoms with Crippen molar-refractivity contribution in [2.45, 2.75) is 94.9 Å². The highest BCUT2D eigenvalue weighted by molar-refractivity contribution is 4.82. The Morgan fingerprint density at radius 3 is 1.36 bits per heavy atom. The maximum absolute atomic E-state index is 2.55. The van der Waals surface area contributed by atoms with Crippen molar-refractivity contribution in [3.8, 4) is 0 Å². The second-order valence-electron chi connectivity index (χ2n) is 8.76. The van der Waals surface area contributed by atoms with Gasteiger partial charge in [-0.15, -0.1) is 0 Å². The molecule has 0 fully saturated rings. The van der Waals surface area contributed by atoms with Gasteiger partial charge in [-0.2, -0.15) is 0 Å². The van der Waals surface area contributed by atoms with Crippen molar-refractivity contribution in [1.29, 1.82) is 0 Å². The lowest BCUT2D eigenvalue weighted by Crippen LogP contribution is -2.33. The fourth-order valence-electron chi connectivity index (χ4n) is 4.44. The van der Waals surface area contributed by atoms with Crippen molar-refractivity contribution in [2.75, 3.05) is 0 Å². The summed E-state index contributed by atoms with van der Waals surface area (Å²) in [5.74, 6) is 6.73. The van der Waals surface area contributed by atoms with Crippen LogP contribution in [0.25, 0.3) is 0 Å². The monoisotopic (exact) mass is 310 g/mol. The normalized spacial score (nSPS) is 22.0. The molecular weight excluding hydrogens is 264 g/mol. The first-order valence-electron chi connectivity index (χ1n) is 10.2. The zero-order chi connectivity index (χ0) is 17.4. The van der Waals surface area contributed by atoms with Crippen LogP contribution in [0.15, 0.2) is 0 Å². The zero-order valence-electron chi connectivity index (χ0n) is 17.4. The molecule has 0 spiro atoms. The highest BCUT2D eigenvalue weighted by Gasteiger charge is 2.33. The SMILES string of the molecule is CCCC(C)C(C)C(C)C(C)C(CCC)C(C)C(C)C(C)C. The fraction of sp³-hybridized carbons (Fsp3) is 1.00. The van der Waals surface area contributed by atoms with Crippen LogP contribution in [0.5, 0.6) is 0 Å². The summed E-state index contributed by atoms with van der Waals surface area (Å²) in [6.45, 7) is 24.5. The summed E-state index contributed by atoms with van der Waals surface area (Å²) >= 11 is 0. The molecule has 0 aliphatic heterocycles. The van der Waals surface area contributed by atoms with Gasteiger partial charge in [0.2, 0.25) is 0 Å². The van der Waals surface area contributed by atoms with Crippen molar-refractivity contribution in [3.05, 3.63) is 0 Å². The molecule has 7 unspecified atom stereocenters. The Hall–Kier alpha value is 0. The molecule has 0 radical (unpaired) electrons. The van der Waals surface area contributed by atoms with E-state index in [0.29, 0.717) is 0 Å². The summed E-state index contributed by atoms with van der Waals surface area (Å²) in [7, 11) is 0. The molecule has 0 N–H and O–H groups in total. The van der Waals surface area contributed by atoms with Crippen molar-refractivity contribution < 1.29 is 0 Å². The molecule has 0 aliphatic carbocycles. The minimum absolute atomic E-state index is 0.799. The number of rotatable bonds is 11. The van der Waals surface area contributed by atoms with E-state index in [1.807, 2.05) is 0 Å². The molecule has 0 aliphatic rings. The van der Waals surface area contributed by atoms with Gasteiger partial charge in [0.05, 0.1) is 0 Å². The molecule has 22 heavy (non-hydrogen) atoms. The van der Waals surface area contributed by atoms with Crippen LogP contribution in [-0.4, -0.2) is 0 Å². The van der Waals surface area contributed by atoms with Crippen LogP contribution in [0.2, 0.25) is 0 Å². The molecule has 0 bridgehead atoms. The Bertz CT molecular complexity index is 267. The average Bonchev–Trinajstić information content (AvgIpc) is 2.49. The molecule has 0 aromatic heterocycles. The van der Waals surface area contributed by atoms with Crippen LogP contribution in [-0.2, 0) is 0 Å². The maximum atomic E-state index is 2.55. The molecule has 0 heteroatoms. The molecule has 7 atom stereocenters. The Balaban J connectivity index is 5.00. The van der Waals surface area contributed by atoms with Crippen LogP contribution in [0.1, 0.15) is 94.9 Å². The fourth-order valence-corrected chi connectivity index (χ4v) is 4.44. The summed E-state index contributed by atoms with van der Waals surface area (Å²) in [6.07, 6.45) is 5.44. The van der Waals surface area contributed by atoms with Gasteiger partial charge in [0.25, 0.3) is 0 Å². The second-order valence-corrected chi connectivity index (χ2v) is 8.76. The second kappa shape index (κ2) is 10.7. The van der Waals surface area contributed by atoms with E-state index >= 15 is 0 Å². The molecule has 0 aromatic carbocycles. The van der Waals surface area contributed by atoms with E-state index in [0.717, 1.165) is 47.3 Å². The van der Waals surface area contributed by atoms with Crippen LogP contribution in [0.4, 0.5) is 0 Å². The van der Waals surface area contributed by atoms with Crippen LogP contribution < -0.4 is 0 Å². The number of hydrogen-bond donors (Lipinski definition) is 0. The summed E-state index contributed by atoms with van der Waals surface area (Å²) in [5, 5.41) is 0. The Morgan fingerprint density at radius 2 is 0.955 bits per heavy atom. The molecule has 0 saturated heterocycles. The van der Waals surface area contributed by atoms with Crippen LogP contribution >= 0.6 is 0 Å². The maximum Gasteiger partial charge on any atom is -0.0358 e. The van der Waals surface area contributed by atoms with E-state index in [4.69, 9.17) is 0 Å². The largest absolute Gasteiger partial charge is 0.0654 e. The zero-order valence-corrected chi connectivity index (χ0v) is 17.4. The van der Waals surface area contributed by atoms with Crippen molar-refractivity contribution >= 4 is 0 Å². The summed E-state index contributed by atoms with van der Waals surface area (Å²) < 4.78 is 0. The van der Waals surface area contributed by atoms with Crippen molar-refractivity contribution in [2.24, 2.45) is 47.3 Å². The first-order chi connectivity index (χ1) is 10.2. The van der Waals surface area contributed by atoms with Gasteiger partial charge in [0, 0.05) is 0 Å². The standard InChI is InChI=1S/C22H46/c1-11-13-16(5)18(7)19(8)21(10)22(14-12-2)20(9)17(6)15(3)4/h15-22H,11-14H2,1-10H3. The molecule has 0 saturated carbocycles. The summed E-state index contributed by atoms with van der Waals surface area (Å²) in [5.41, 5.74) is 0. The Morgan fingerprint density at radius 1 is 0.500 bits per heavy atom. The van der Waals surface area contributed by atoms with E-state index in [2.05, 4.69) is 69.2 Å². The first kappa shape index (κ1) is 22.0. The van der Waals surface area contributed by atoms with Gasteiger partial charge in [-0.05, 0) is 47.3 Å². The van der Waals surface area contributed by atoms with Crippen LogP contribution in [0, 0.1) is 47.3 Å².